The summed E-state index contributed by atoms with van der Waals surface area (Å²) < 4.78 is 40.6. The van der Waals surface area contributed by atoms with Gasteiger partial charge in [-0.2, -0.15) is 0 Å². The molecule has 2 aromatic carbocycles. The molecule has 0 saturated carbocycles. The van der Waals surface area contributed by atoms with Crippen LogP contribution in [-0.4, -0.2) is 70.6 Å². The molecule has 0 radical (unpaired) electrons. The lowest BCUT2D eigenvalue weighted by molar-refractivity contribution is -0.180. The fraction of sp³-hybridized carbons (Fsp3) is 0.448. The number of hydrogen-bond donors (Lipinski definition) is 2. The van der Waals surface area contributed by atoms with Crippen molar-refractivity contribution in [3.63, 3.8) is 0 Å². The molecule has 0 aliphatic carbocycles. The highest BCUT2D eigenvalue weighted by atomic mass is 32.2. The molecule has 12 nitrogen and oxygen atoms in total. The Morgan fingerprint density at radius 1 is 1.07 bits per heavy atom. The Morgan fingerprint density at radius 3 is 2.19 bits per heavy atom. The van der Waals surface area contributed by atoms with Gasteiger partial charge in [0.25, 0.3) is 0 Å². The highest BCUT2D eigenvalue weighted by Crippen LogP contribution is 2.51. The number of β-lactam (4-membered cyclic amide) rings is 1. The number of ether oxygens (including phenoxy) is 2. The number of thioether (sulfide) groups is 1. The summed E-state index contributed by atoms with van der Waals surface area (Å²) in [6, 6.07) is 12.1. The van der Waals surface area contributed by atoms with Gasteiger partial charge >= 0.3 is 11.9 Å². The molecule has 2 saturated heterocycles. The highest BCUT2D eigenvalue weighted by Gasteiger charge is 2.64. The van der Waals surface area contributed by atoms with Crippen molar-refractivity contribution < 1.29 is 41.6 Å². The summed E-state index contributed by atoms with van der Waals surface area (Å²) >= 11 is 1.40. The number of amides is 2. The molecule has 0 bridgehead atoms. The molecule has 2 amide bonds. The lowest BCUT2D eigenvalue weighted by Crippen LogP contribution is -2.71. The average Bonchev–Trinajstić information content (AvgIpc) is 3.18. The van der Waals surface area contributed by atoms with Crippen LogP contribution in [0.4, 0.5) is 0 Å². The number of nitrogens with one attached hydrogen (secondary N) is 1. The number of benzene rings is 2. The van der Waals surface area contributed by atoms with E-state index in [4.69, 9.17) is 15.2 Å². The third kappa shape index (κ3) is 8.13. The van der Waals surface area contributed by atoms with Gasteiger partial charge in [0.15, 0.2) is 0 Å². The number of esters is 2. The fourth-order valence-electron chi connectivity index (χ4n) is 4.32. The molecule has 234 valence electrons. The van der Waals surface area contributed by atoms with E-state index in [0.717, 1.165) is 5.56 Å². The standard InChI is InChI=1S/C22H29N3O6S.C7H8O3S/c1-21(2,3)20(29)31-11-30-19(28)15-22(4,5)32-18-14(17(27)25(15)18)24-16(26)13(23)12-9-7-6-8-10-12;1-6-2-4-7(5-3-6)11(8,9)10/h6-10,13-15,18H,11,23H2,1-5H3,(H,24,26);2-5H,1H3,(H,8,9,10)/p-1/t13-,14+,15-,18+;/m0./s1. The molecular formula is C29H36N3O9S2-. The number of aryl methyl sites for hydroxylation is 1. The van der Waals surface area contributed by atoms with E-state index in [1.807, 2.05) is 26.8 Å². The van der Waals surface area contributed by atoms with Gasteiger partial charge in [-0.15, -0.1) is 11.8 Å². The first-order valence-corrected chi connectivity index (χ1v) is 15.6. The first kappa shape index (κ1) is 34.0. The first-order chi connectivity index (χ1) is 19.8. The maximum absolute atomic E-state index is 12.8. The number of carbonyl (C=O) groups is 4. The summed E-state index contributed by atoms with van der Waals surface area (Å²) in [5.74, 6) is -2.00. The maximum Gasteiger partial charge on any atom is 0.333 e. The predicted octanol–water partition coefficient (Wildman–Crippen LogP) is 2.22. The third-order valence-electron chi connectivity index (χ3n) is 6.72. The molecule has 2 heterocycles. The van der Waals surface area contributed by atoms with E-state index in [-0.39, 0.29) is 10.8 Å². The van der Waals surface area contributed by atoms with Gasteiger partial charge < -0.3 is 30.0 Å². The molecule has 0 spiro atoms. The van der Waals surface area contributed by atoms with E-state index in [1.54, 1.807) is 57.2 Å². The minimum Gasteiger partial charge on any atom is -0.744 e. The Balaban J connectivity index is 0.000000386. The van der Waals surface area contributed by atoms with E-state index < -0.39 is 68.4 Å². The van der Waals surface area contributed by atoms with Gasteiger partial charge in [-0.05, 0) is 59.2 Å². The normalized spacial score (nSPS) is 21.3. The topological polar surface area (TPSA) is 185 Å². The zero-order valence-electron chi connectivity index (χ0n) is 24.7. The number of fused-ring (bicyclic) bond motifs is 1. The Bertz CT molecular complexity index is 1460. The van der Waals surface area contributed by atoms with Crippen molar-refractivity contribution in [3.05, 3.63) is 65.7 Å². The molecule has 2 aromatic rings. The van der Waals surface area contributed by atoms with Crippen molar-refractivity contribution >= 4 is 45.6 Å². The molecule has 0 unspecified atom stereocenters. The van der Waals surface area contributed by atoms with E-state index in [9.17, 15) is 32.1 Å². The Kier molecular flexibility index (Phi) is 10.3. The van der Waals surface area contributed by atoms with Crippen LogP contribution in [0.25, 0.3) is 0 Å². The number of rotatable bonds is 7. The summed E-state index contributed by atoms with van der Waals surface area (Å²) in [6.45, 7) is 10.0. The smallest absolute Gasteiger partial charge is 0.333 e. The van der Waals surface area contributed by atoms with Crippen molar-refractivity contribution in [1.29, 1.82) is 0 Å². The van der Waals surface area contributed by atoms with E-state index in [1.165, 1.54) is 28.8 Å². The Labute approximate surface area is 255 Å². The number of carbonyl (C=O) groups excluding carboxylic acids is 4. The van der Waals surface area contributed by atoms with E-state index >= 15 is 0 Å². The molecule has 14 heteroatoms. The largest absolute Gasteiger partial charge is 0.744 e. The van der Waals surface area contributed by atoms with Crippen molar-refractivity contribution in [2.45, 2.75) is 74.7 Å². The molecular weight excluding hydrogens is 598 g/mol. The third-order valence-corrected chi connectivity index (χ3v) is 9.14. The molecule has 2 aliphatic rings. The Hall–Kier alpha value is -3.46. The molecule has 43 heavy (non-hydrogen) atoms. The molecule has 2 fully saturated rings. The van der Waals surface area contributed by atoms with Crippen molar-refractivity contribution in [2.75, 3.05) is 6.79 Å². The van der Waals surface area contributed by atoms with Gasteiger partial charge in [-0.3, -0.25) is 14.4 Å². The minimum atomic E-state index is -4.27. The van der Waals surface area contributed by atoms with Crippen molar-refractivity contribution in [3.8, 4) is 0 Å². The zero-order valence-corrected chi connectivity index (χ0v) is 26.4. The van der Waals surface area contributed by atoms with E-state index in [0.29, 0.717) is 5.56 Å². The molecule has 4 atom stereocenters. The molecule has 0 aromatic heterocycles. The lowest BCUT2D eigenvalue weighted by atomic mass is 9.95. The van der Waals surface area contributed by atoms with E-state index in [2.05, 4.69) is 5.32 Å². The van der Waals surface area contributed by atoms with Gasteiger partial charge in [0.05, 0.1) is 10.3 Å². The van der Waals surface area contributed by atoms with Crippen LogP contribution in [0.3, 0.4) is 0 Å². The van der Waals surface area contributed by atoms with Gasteiger partial charge in [-0.1, -0.05) is 48.0 Å². The fourth-order valence-corrected chi connectivity index (χ4v) is 6.41. The van der Waals surface area contributed by atoms with Crippen LogP contribution in [0.1, 0.15) is 51.8 Å². The van der Waals surface area contributed by atoms with Crippen molar-refractivity contribution in [2.24, 2.45) is 11.1 Å². The van der Waals surface area contributed by atoms with Crippen LogP contribution < -0.4 is 11.1 Å². The average molecular weight is 635 g/mol. The van der Waals surface area contributed by atoms with Gasteiger partial charge in [0, 0.05) is 4.75 Å². The predicted molar refractivity (Wildman–Crippen MR) is 157 cm³/mol. The minimum absolute atomic E-state index is 0.178. The molecule has 4 rings (SSSR count). The quantitative estimate of drug-likeness (QED) is 0.197. The SMILES string of the molecule is CC(C)(C)C(=O)OCOC(=O)[C@@H]1N2C(=O)[C@@H](NC(=O)[C@@H](N)c3ccccc3)[C@H]2SC1(C)C.Cc1ccc(S(=O)(=O)[O-])cc1. The van der Waals surface area contributed by atoms with Gasteiger partial charge in [0.1, 0.15) is 33.6 Å². The summed E-state index contributed by atoms with van der Waals surface area (Å²) in [4.78, 5) is 51.2. The summed E-state index contributed by atoms with van der Waals surface area (Å²) in [5, 5.41) is 2.29. The number of nitrogens with zero attached hydrogens (tertiary/aromatic N) is 1. The van der Waals surface area contributed by atoms with Crippen LogP contribution in [0.5, 0.6) is 0 Å². The molecule has 3 N–H and O–H groups in total. The van der Waals surface area contributed by atoms with Crippen molar-refractivity contribution in [1.82, 2.24) is 10.2 Å². The van der Waals surface area contributed by atoms with Crippen LogP contribution in [0, 0.1) is 12.3 Å². The maximum atomic E-state index is 12.8. The second-order valence-corrected chi connectivity index (χ2v) is 14.8. The summed E-state index contributed by atoms with van der Waals surface area (Å²) in [6.07, 6.45) is 0. The highest BCUT2D eigenvalue weighted by molar-refractivity contribution is 8.01. The van der Waals surface area contributed by atoms with Gasteiger partial charge in [-0.25, -0.2) is 13.2 Å². The monoisotopic (exact) mass is 634 g/mol. The second kappa shape index (κ2) is 13.0. The molecule has 2 aliphatic heterocycles. The lowest BCUT2D eigenvalue weighted by Gasteiger charge is -2.44. The first-order valence-electron chi connectivity index (χ1n) is 13.3. The van der Waals surface area contributed by atoms with Crippen LogP contribution in [0.15, 0.2) is 59.5 Å². The van der Waals surface area contributed by atoms with Crippen LogP contribution >= 0.6 is 11.8 Å². The number of hydrogen-bond acceptors (Lipinski definition) is 11. The zero-order chi connectivity index (χ0) is 32.3. The van der Waals surface area contributed by atoms with Crippen LogP contribution in [-0.2, 0) is 38.8 Å². The number of nitrogens with two attached hydrogens (primary N) is 1. The second-order valence-electron chi connectivity index (χ2n) is 11.7. The Morgan fingerprint density at radius 2 is 1.65 bits per heavy atom. The summed E-state index contributed by atoms with van der Waals surface area (Å²) in [5.41, 5.74) is 6.87. The van der Waals surface area contributed by atoms with Gasteiger partial charge in [0.2, 0.25) is 18.6 Å². The van der Waals surface area contributed by atoms with Crippen LogP contribution in [0.2, 0.25) is 0 Å². The summed E-state index contributed by atoms with van der Waals surface area (Å²) in [7, 11) is -4.27.